The summed E-state index contributed by atoms with van der Waals surface area (Å²) in [6.45, 7) is 10.3. The lowest BCUT2D eigenvalue weighted by Gasteiger charge is -2.23. The van der Waals surface area contributed by atoms with Gasteiger partial charge in [-0.3, -0.25) is 15.1 Å². The molecule has 6 rings (SSSR count). The second-order valence-corrected chi connectivity index (χ2v) is 11.0. The largest absolute Gasteiger partial charge is 0.359 e. The fourth-order valence-corrected chi connectivity index (χ4v) is 5.94. The predicted molar refractivity (Wildman–Crippen MR) is 170 cm³/mol. The highest BCUT2D eigenvalue weighted by Crippen LogP contribution is 2.34. The molecule has 1 aromatic carbocycles. The number of pyridine rings is 2. The first-order chi connectivity index (χ1) is 20.5. The molecule has 0 bridgehead atoms. The van der Waals surface area contributed by atoms with Crippen molar-refractivity contribution in [3.05, 3.63) is 109 Å². The first kappa shape index (κ1) is 27.4. The molecule has 1 saturated carbocycles. The van der Waals surface area contributed by atoms with Crippen LogP contribution in [0.4, 0.5) is 4.39 Å². The summed E-state index contributed by atoms with van der Waals surface area (Å²) >= 11 is 0. The number of fused-ring (bicyclic) bond motifs is 2. The zero-order valence-corrected chi connectivity index (χ0v) is 23.9. The van der Waals surface area contributed by atoms with Crippen molar-refractivity contribution in [2.24, 2.45) is 5.92 Å². The minimum atomic E-state index is -0.306. The lowest BCUT2D eigenvalue weighted by molar-refractivity contribution is 0.353. The topological polar surface area (TPSA) is 82.3 Å². The van der Waals surface area contributed by atoms with Crippen LogP contribution in [-0.4, -0.2) is 25.1 Å². The SMILES string of the molecule is C=C/C(=C\C(=C/C)c1cc2c(-c3cc4c(-c5ccccc5F)nccc4[nH]3)n[nH]c2cn1)NC(=C)CC1CCCCC1. The van der Waals surface area contributed by atoms with Crippen LogP contribution in [0.1, 0.15) is 51.1 Å². The van der Waals surface area contributed by atoms with Gasteiger partial charge in [0.2, 0.25) is 0 Å². The Kier molecular flexibility index (Phi) is 7.82. The minimum Gasteiger partial charge on any atom is -0.359 e. The second-order valence-electron chi connectivity index (χ2n) is 11.0. The fraction of sp³-hybridized carbons (Fsp3) is 0.229. The summed E-state index contributed by atoms with van der Waals surface area (Å²) in [4.78, 5) is 12.7. The van der Waals surface area contributed by atoms with Crippen molar-refractivity contribution in [1.82, 2.24) is 30.5 Å². The molecule has 1 aliphatic rings. The molecule has 6 nitrogen and oxygen atoms in total. The number of rotatable bonds is 9. The Morgan fingerprint density at radius 2 is 1.86 bits per heavy atom. The number of hydrogen-bond acceptors (Lipinski definition) is 4. The van der Waals surface area contributed by atoms with Gasteiger partial charge in [0.05, 0.1) is 28.8 Å². The van der Waals surface area contributed by atoms with Crippen molar-refractivity contribution in [2.45, 2.75) is 45.4 Å². The molecule has 0 aliphatic heterocycles. The number of allylic oxidation sites excluding steroid dienone is 5. The lowest BCUT2D eigenvalue weighted by Crippen LogP contribution is -2.16. The van der Waals surface area contributed by atoms with Crippen molar-refractivity contribution in [3.8, 4) is 22.6 Å². The summed E-state index contributed by atoms with van der Waals surface area (Å²) in [5.74, 6) is 0.400. The monoisotopic (exact) mass is 558 g/mol. The third-order valence-electron chi connectivity index (χ3n) is 8.10. The van der Waals surface area contributed by atoms with Crippen LogP contribution < -0.4 is 5.32 Å². The number of nitrogens with one attached hydrogen (secondary N) is 3. The molecule has 0 saturated heterocycles. The number of nitrogens with zero attached hydrogens (tertiary/aromatic N) is 3. The van der Waals surface area contributed by atoms with Crippen LogP contribution in [0.3, 0.4) is 0 Å². The van der Waals surface area contributed by atoms with E-state index in [-0.39, 0.29) is 5.82 Å². The third-order valence-corrected chi connectivity index (χ3v) is 8.10. The standard InChI is InChI=1S/C35H35FN6/c1-4-24(18-25(5-2)39-22(3)17-23-11-7-6-8-12-23)31-19-28-33(21-38-31)41-42-35(28)32-20-27-30(40-32)15-16-37-34(27)26-13-9-10-14-29(26)36/h4-5,9-10,13-16,18-21,23,39-40H,2-3,6-8,11-12,17H2,1H3,(H,41,42)/b24-4+,25-18+. The van der Waals surface area contributed by atoms with Gasteiger partial charge in [0.1, 0.15) is 11.5 Å². The highest BCUT2D eigenvalue weighted by atomic mass is 19.1. The summed E-state index contributed by atoms with van der Waals surface area (Å²) < 4.78 is 14.6. The Morgan fingerprint density at radius 3 is 2.64 bits per heavy atom. The summed E-state index contributed by atoms with van der Waals surface area (Å²) in [6.07, 6.45) is 16.9. The second kappa shape index (κ2) is 12.0. The summed E-state index contributed by atoms with van der Waals surface area (Å²) in [5.41, 5.74) is 7.98. The van der Waals surface area contributed by atoms with Gasteiger partial charge in [0, 0.05) is 39.4 Å². The number of hydrogen-bond donors (Lipinski definition) is 3. The molecule has 1 fully saturated rings. The van der Waals surface area contributed by atoms with E-state index in [1.807, 2.05) is 43.3 Å². The zero-order chi connectivity index (χ0) is 29.1. The number of aromatic amines is 2. The van der Waals surface area contributed by atoms with Gasteiger partial charge in [-0.25, -0.2) is 4.39 Å². The molecule has 0 atom stereocenters. The lowest BCUT2D eigenvalue weighted by atomic mass is 9.86. The summed E-state index contributed by atoms with van der Waals surface area (Å²) in [6, 6.07) is 12.6. The molecule has 5 aromatic rings. The van der Waals surface area contributed by atoms with Crippen LogP contribution in [0.2, 0.25) is 0 Å². The molecule has 42 heavy (non-hydrogen) atoms. The highest BCUT2D eigenvalue weighted by Gasteiger charge is 2.17. The Labute approximate surface area is 245 Å². The molecule has 7 heteroatoms. The van der Waals surface area contributed by atoms with Gasteiger partial charge in [-0.1, -0.05) is 63.5 Å². The van der Waals surface area contributed by atoms with Gasteiger partial charge < -0.3 is 10.3 Å². The smallest absolute Gasteiger partial charge is 0.132 e. The molecule has 0 spiro atoms. The van der Waals surface area contributed by atoms with E-state index in [1.165, 1.54) is 38.2 Å². The van der Waals surface area contributed by atoms with E-state index < -0.39 is 0 Å². The van der Waals surface area contributed by atoms with Gasteiger partial charge in [-0.2, -0.15) is 5.10 Å². The molecule has 4 heterocycles. The molecule has 0 amide bonds. The van der Waals surface area contributed by atoms with Crippen LogP contribution in [0.25, 0.3) is 50.0 Å². The van der Waals surface area contributed by atoms with Gasteiger partial charge in [0.25, 0.3) is 0 Å². The molecular weight excluding hydrogens is 523 g/mol. The Bertz CT molecular complexity index is 1830. The van der Waals surface area contributed by atoms with Crippen molar-refractivity contribution in [2.75, 3.05) is 0 Å². The van der Waals surface area contributed by atoms with Crippen molar-refractivity contribution in [3.63, 3.8) is 0 Å². The van der Waals surface area contributed by atoms with E-state index in [2.05, 4.69) is 44.7 Å². The number of halogens is 1. The minimum absolute atomic E-state index is 0.306. The molecule has 212 valence electrons. The summed E-state index contributed by atoms with van der Waals surface area (Å²) in [5, 5.41) is 13.0. The van der Waals surface area contributed by atoms with E-state index in [9.17, 15) is 4.39 Å². The molecule has 0 radical (unpaired) electrons. The predicted octanol–water partition coefficient (Wildman–Crippen LogP) is 8.85. The van der Waals surface area contributed by atoms with Crippen LogP contribution in [0.15, 0.2) is 97.6 Å². The molecule has 3 N–H and O–H groups in total. The van der Waals surface area contributed by atoms with Gasteiger partial charge >= 0.3 is 0 Å². The number of H-pyrrole nitrogens is 2. The quantitative estimate of drug-likeness (QED) is 0.158. The maximum Gasteiger partial charge on any atom is 0.132 e. The maximum atomic E-state index is 14.6. The van der Waals surface area contributed by atoms with Gasteiger partial charge in [0.15, 0.2) is 0 Å². The van der Waals surface area contributed by atoms with Crippen molar-refractivity contribution in [1.29, 1.82) is 0 Å². The maximum absolute atomic E-state index is 14.6. The Morgan fingerprint density at radius 1 is 1.05 bits per heavy atom. The van der Waals surface area contributed by atoms with Crippen LogP contribution in [0.5, 0.6) is 0 Å². The van der Waals surface area contributed by atoms with Crippen LogP contribution >= 0.6 is 0 Å². The van der Waals surface area contributed by atoms with E-state index in [0.29, 0.717) is 17.2 Å². The van der Waals surface area contributed by atoms with E-state index in [4.69, 9.17) is 4.98 Å². The normalized spacial score (nSPS) is 14.9. The molecule has 1 aliphatic carbocycles. The van der Waals surface area contributed by atoms with Crippen LogP contribution in [0, 0.1) is 11.7 Å². The van der Waals surface area contributed by atoms with E-state index in [0.717, 1.165) is 62.3 Å². The molecule has 0 unspecified atom stereocenters. The Balaban J connectivity index is 1.31. The first-order valence-corrected chi connectivity index (χ1v) is 14.6. The van der Waals surface area contributed by atoms with Crippen molar-refractivity contribution >= 4 is 27.4 Å². The fourth-order valence-electron chi connectivity index (χ4n) is 5.94. The summed E-state index contributed by atoms with van der Waals surface area (Å²) in [7, 11) is 0. The third kappa shape index (κ3) is 5.55. The van der Waals surface area contributed by atoms with E-state index >= 15 is 0 Å². The first-order valence-electron chi connectivity index (χ1n) is 14.6. The van der Waals surface area contributed by atoms with Gasteiger partial charge in [-0.05, 0) is 67.3 Å². The highest BCUT2D eigenvalue weighted by molar-refractivity contribution is 6.00. The molecule has 4 aromatic heterocycles. The molecular formula is C35H35FN6. The number of benzene rings is 1. The zero-order valence-electron chi connectivity index (χ0n) is 23.9. The van der Waals surface area contributed by atoms with Crippen LogP contribution in [-0.2, 0) is 0 Å². The van der Waals surface area contributed by atoms with Crippen molar-refractivity contribution < 1.29 is 4.39 Å². The van der Waals surface area contributed by atoms with E-state index in [1.54, 1.807) is 24.5 Å². The number of aromatic nitrogens is 5. The average Bonchev–Trinajstić information content (AvgIpc) is 3.64. The average molecular weight is 559 g/mol. The van der Waals surface area contributed by atoms with Gasteiger partial charge in [-0.15, -0.1) is 0 Å². The Hall–Kier alpha value is -4.78.